The summed E-state index contributed by atoms with van der Waals surface area (Å²) < 4.78 is 39.2. The molecule has 2 rings (SSSR count). The minimum Gasteiger partial charge on any atom is -0.348 e. The van der Waals surface area contributed by atoms with Crippen LogP contribution in [0.5, 0.6) is 0 Å². The Morgan fingerprint density at radius 1 is 1.04 bits per heavy atom. The van der Waals surface area contributed by atoms with Gasteiger partial charge in [0.2, 0.25) is 15.9 Å². The average Bonchev–Trinajstić information content (AvgIpc) is 2.56. The highest BCUT2D eigenvalue weighted by Gasteiger charge is 2.31. The van der Waals surface area contributed by atoms with Gasteiger partial charge < -0.3 is 5.32 Å². The zero-order valence-electron chi connectivity index (χ0n) is 14.3. The number of nitrogens with one attached hydrogen (secondary N) is 1. The van der Waals surface area contributed by atoms with E-state index in [1.807, 2.05) is 30.3 Å². The van der Waals surface area contributed by atoms with Gasteiger partial charge in [0.05, 0.1) is 18.0 Å². The molecule has 134 valence electrons. The van der Waals surface area contributed by atoms with Crippen molar-refractivity contribution >= 4 is 21.6 Å². The number of nitrogens with zero attached hydrogens (tertiary/aromatic N) is 1. The Hall–Kier alpha value is -2.41. The number of sulfonamides is 1. The summed E-state index contributed by atoms with van der Waals surface area (Å²) in [6, 6.07) is 13.4. The van der Waals surface area contributed by atoms with Gasteiger partial charge in [-0.05, 0) is 31.5 Å². The van der Waals surface area contributed by atoms with E-state index in [1.165, 1.54) is 25.1 Å². The molecule has 0 radical (unpaired) electrons. The molecule has 0 unspecified atom stereocenters. The summed E-state index contributed by atoms with van der Waals surface area (Å²) in [6.07, 6.45) is 0.948. The number of para-hydroxylation sites is 1. The fourth-order valence-electron chi connectivity index (χ4n) is 2.57. The van der Waals surface area contributed by atoms with Crippen molar-refractivity contribution in [2.75, 3.05) is 10.6 Å². The molecule has 0 bridgehead atoms. The number of hydrogen-bond acceptors (Lipinski definition) is 3. The molecule has 0 aliphatic rings. The van der Waals surface area contributed by atoms with E-state index in [9.17, 15) is 17.6 Å². The molecule has 0 aromatic heterocycles. The molecule has 7 heteroatoms. The van der Waals surface area contributed by atoms with E-state index in [4.69, 9.17) is 0 Å². The van der Waals surface area contributed by atoms with Crippen LogP contribution in [0.2, 0.25) is 0 Å². The van der Waals surface area contributed by atoms with Crippen molar-refractivity contribution in [2.24, 2.45) is 0 Å². The van der Waals surface area contributed by atoms with Gasteiger partial charge in [0, 0.05) is 0 Å². The first kappa shape index (κ1) is 18.9. The van der Waals surface area contributed by atoms with Crippen LogP contribution in [0, 0.1) is 5.82 Å². The van der Waals surface area contributed by atoms with Gasteiger partial charge in [-0.1, -0.05) is 42.5 Å². The monoisotopic (exact) mass is 364 g/mol. The molecular weight excluding hydrogens is 343 g/mol. The topological polar surface area (TPSA) is 66.5 Å². The molecule has 2 atom stereocenters. The molecule has 0 heterocycles. The SMILES string of the molecule is C[C@H](C(=O)N[C@H](C)c1ccccc1)N(c1ccccc1F)S(C)(=O)=O. The lowest BCUT2D eigenvalue weighted by Crippen LogP contribution is -2.48. The Morgan fingerprint density at radius 3 is 2.16 bits per heavy atom. The van der Waals surface area contributed by atoms with E-state index in [0.717, 1.165) is 22.2 Å². The van der Waals surface area contributed by atoms with Crippen molar-refractivity contribution < 1.29 is 17.6 Å². The number of rotatable bonds is 6. The lowest BCUT2D eigenvalue weighted by atomic mass is 10.1. The number of anilines is 1. The summed E-state index contributed by atoms with van der Waals surface area (Å²) in [5.41, 5.74) is 0.736. The highest BCUT2D eigenvalue weighted by atomic mass is 32.2. The molecule has 0 fully saturated rings. The third kappa shape index (κ3) is 4.57. The number of halogens is 1. The summed E-state index contributed by atoms with van der Waals surface area (Å²) in [6.45, 7) is 3.23. The predicted octanol–water partition coefficient (Wildman–Crippen LogP) is 2.86. The minimum absolute atomic E-state index is 0.153. The van der Waals surface area contributed by atoms with E-state index in [1.54, 1.807) is 6.92 Å². The zero-order chi connectivity index (χ0) is 18.6. The van der Waals surface area contributed by atoms with Crippen LogP contribution in [0.25, 0.3) is 0 Å². The molecule has 2 aromatic carbocycles. The summed E-state index contributed by atoms with van der Waals surface area (Å²) in [5, 5.41) is 2.77. The van der Waals surface area contributed by atoms with Gasteiger partial charge in [0.25, 0.3) is 0 Å². The molecule has 0 saturated heterocycles. The van der Waals surface area contributed by atoms with Crippen LogP contribution in [0.15, 0.2) is 54.6 Å². The third-order valence-electron chi connectivity index (χ3n) is 3.84. The van der Waals surface area contributed by atoms with Gasteiger partial charge in [-0.2, -0.15) is 0 Å². The Kier molecular flexibility index (Phi) is 5.79. The summed E-state index contributed by atoms with van der Waals surface area (Å²) in [7, 11) is -3.85. The maximum Gasteiger partial charge on any atom is 0.244 e. The molecule has 0 aliphatic carbocycles. The predicted molar refractivity (Wildman–Crippen MR) is 96.2 cm³/mol. The van der Waals surface area contributed by atoms with Gasteiger partial charge in [0.15, 0.2) is 0 Å². The fraction of sp³-hybridized carbons (Fsp3) is 0.278. The molecule has 0 saturated carbocycles. The van der Waals surface area contributed by atoms with Crippen LogP contribution in [-0.2, 0) is 14.8 Å². The van der Waals surface area contributed by atoms with E-state index in [0.29, 0.717) is 0 Å². The van der Waals surface area contributed by atoms with Crippen LogP contribution in [-0.4, -0.2) is 26.6 Å². The van der Waals surface area contributed by atoms with E-state index >= 15 is 0 Å². The van der Waals surface area contributed by atoms with Crippen LogP contribution >= 0.6 is 0 Å². The smallest absolute Gasteiger partial charge is 0.244 e. The Morgan fingerprint density at radius 2 is 1.60 bits per heavy atom. The maximum absolute atomic E-state index is 14.1. The maximum atomic E-state index is 14.1. The first-order valence-corrected chi connectivity index (χ1v) is 9.66. The van der Waals surface area contributed by atoms with E-state index < -0.39 is 27.8 Å². The Balaban J connectivity index is 2.26. The van der Waals surface area contributed by atoms with Crippen molar-refractivity contribution in [3.63, 3.8) is 0 Å². The second kappa shape index (κ2) is 7.65. The number of carbonyl (C=O) groups is 1. The van der Waals surface area contributed by atoms with Crippen molar-refractivity contribution in [3.8, 4) is 0 Å². The standard InChI is InChI=1S/C18H21FN2O3S/c1-13(15-9-5-4-6-10-15)20-18(22)14(2)21(25(3,23)24)17-12-8-7-11-16(17)19/h4-14H,1-3H3,(H,20,22)/t13-,14-/m1/s1. The minimum atomic E-state index is -3.85. The third-order valence-corrected chi connectivity index (χ3v) is 5.06. The van der Waals surface area contributed by atoms with E-state index in [2.05, 4.69) is 5.32 Å². The number of carbonyl (C=O) groups excluding carboxylic acids is 1. The van der Waals surface area contributed by atoms with Crippen molar-refractivity contribution in [3.05, 3.63) is 66.0 Å². The normalized spacial score (nSPS) is 13.8. The largest absolute Gasteiger partial charge is 0.348 e. The number of hydrogen-bond donors (Lipinski definition) is 1. The molecule has 25 heavy (non-hydrogen) atoms. The Labute approximate surface area is 147 Å². The van der Waals surface area contributed by atoms with Gasteiger partial charge >= 0.3 is 0 Å². The quantitative estimate of drug-likeness (QED) is 0.857. The lowest BCUT2D eigenvalue weighted by Gasteiger charge is -2.29. The van der Waals surface area contributed by atoms with Crippen molar-refractivity contribution in [1.29, 1.82) is 0 Å². The van der Waals surface area contributed by atoms with Crippen LogP contribution in [0.1, 0.15) is 25.5 Å². The molecule has 1 N–H and O–H groups in total. The van der Waals surface area contributed by atoms with Crippen molar-refractivity contribution in [1.82, 2.24) is 5.32 Å². The van der Waals surface area contributed by atoms with E-state index in [-0.39, 0.29) is 11.7 Å². The van der Waals surface area contributed by atoms with Gasteiger partial charge in [-0.25, -0.2) is 12.8 Å². The van der Waals surface area contributed by atoms with Crippen molar-refractivity contribution in [2.45, 2.75) is 25.9 Å². The average molecular weight is 364 g/mol. The van der Waals surface area contributed by atoms with Gasteiger partial charge in [0.1, 0.15) is 11.9 Å². The summed E-state index contributed by atoms with van der Waals surface area (Å²) >= 11 is 0. The number of benzene rings is 2. The van der Waals surface area contributed by atoms with Gasteiger partial charge in [-0.3, -0.25) is 9.10 Å². The lowest BCUT2D eigenvalue weighted by molar-refractivity contribution is -0.122. The molecular formula is C18H21FN2O3S. The fourth-order valence-corrected chi connectivity index (χ4v) is 3.75. The van der Waals surface area contributed by atoms with Crippen LogP contribution in [0.4, 0.5) is 10.1 Å². The van der Waals surface area contributed by atoms with Crippen LogP contribution in [0.3, 0.4) is 0 Å². The van der Waals surface area contributed by atoms with Crippen LogP contribution < -0.4 is 9.62 Å². The molecule has 1 amide bonds. The number of amides is 1. The summed E-state index contributed by atoms with van der Waals surface area (Å²) in [5.74, 6) is -1.21. The second-order valence-corrected chi connectivity index (χ2v) is 7.69. The second-order valence-electron chi connectivity index (χ2n) is 5.83. The zero-order valence-corrected chi connectivity index (χ0v) is 15.1. The Bertz CT molecular complexity index is 840. The molecule has 2 aromatic rings. The highest BCUT2D eigenvalue weighted by molar-refractivity contribution is 7.92. The van der Waals surface area contributed by atoms with Gasteiger partial charge in [-0.15, -0.1) is 0 Å². The molecule has 0 aliphatic heterocycles. The highest BCUT2D eigenvalue weighted by Crippen LogP contribution is 2.24. The molecule has 5 nitrogen and oxygen atoms in total. The first-order valence-electron chi connectivity index (χ1n) is 7.81. The first-order chi connectivity index (χ1) is 11.7. The molecule has 0 spiro atoms. The summed E-state index contributed by atoms with van der Waals surface area (Å²) in [4.78, 5) is 12.6.